The van der Waals surface area contributed by atoms with Crippen molar-refractivity contribution in [3.8, 4) is 0 Å². The van der Waals surface area contributed by atoms with Gasteiger partial charge in [0.15, 0.2) is 5.78 Å². The first-order valence-corrected chi connectivity index (χ1v) is 14.0. The lowest BCUT2D eigenvalue weighted by atomic mass is 9.92. The van der Waals surface area contributed by atoms with Gasteiger partial charge in [0.25, 0.3) is 11.8 Å². The number of esters is 1. The molecular weight excluding hydrogens is 538 g/mol. The van der Waals surface area contributed by atoms with Gasteiger partial charge in [0.2, 0.25) is 11.8 Å². The Labute approximate surface area is 241 Å². The van der Waals surface area contributed by atoms with Crippen LogP contribution >= 0.6 is 0 Å². The number of hydroxylamine groups is 2. The van der Waals surface area contributed by atoms with Crippen molar-refractivity contribution in [2.75, 3.05) is 26.4 Å². The molecule has 1 saturated heterocycles. The fourth-order valence-corrected chi connectivity index (χ4v) is 3.60. The predicted octanol–water partition coefficient (Wildman–Crippen LogP) is 1.61. The monoisotopic (exact) mass is 583 g/mol. The molecular formula is C28H45N3O10. The van der Waals surface area contributed by atoms with E-state index in [0.717, 1.165) is 0 Å². The van der Waals surface area contributed by atoms with Gasteiger partial charge in [0.1, 0.15) is 0 Å². The van der Waals surface area contributed by atoms with Crippen LogP contribution in [0.25, 0.3) is 0 Å². The Morgan fingerprint density at radius 2 is 1.51 bits per heavy atom. The van der Waals surface area contributed by atoms with Crippen LogP contribution in [0.5, 0.6) is 0 Å². The number of ether oxygens (including phenoxy) is 2. The van der Waals surface area contributed by atoms with Crippen LogP contribution < -0.4 is 10.6 Å². The molecule has 0 spiro atoms. The Morgan fingerprint density at radius 1 is 0.902 bits per heavy atom. The van der Waals surface area contributed by atoms with Crippen molar-refractivity contribution < 1.29 is 47.9 Å². The normalized spacial score (nSPS) is 15.0. The van der Waals surface area contributed by atoms with Gasteiger partial charge in [-0.3, -0.25) is 28.8 Å². The van der Waals surface area contributed by atoms with Gasteiger partial charge in [-0.25, -0.2) is 4.79 Å². The van der Waals surface area contributed by atoms with Crippen LogP contribution in [0.15, 0.2) is 0 Å². The lowest BCUT2D eigenvalue weighted by molar-refractivity contribution is -0.198. The molecule has 1 aliphatic rings. The lowest BCUT2D eigenvalue weighted by Crippen LogP contribution is -2.46. The van der Waals surface area contributed by atoms with E-state index in [4.69, 9.17) is 14.3 Å². The van der Waals surface area contributed by atoms with Gasteiger partial charge in [-0.15, -0.1) is 5.06 Å². The molecule has 41 heavy (non-hydrogen) atoms. The van der Waals surface area contributed by atoms with E-state index in [9.17, 15) is 33.6 Å². The molecule has 2 atom stereocenters. The van der Waals surface area contributed by atoms with Crippen LogP contribution in [-0.2, 0) is 47.9 Å². The number of nitrogens with one attached hydrogen (secondary N) is 2. The van der Waals surface area contributed by atoms with Crippen LogP contribution in [0.1, 0.15) is 86.5 Å². The molecule has 0 saturated carbocycles. The number of carbonyl (C=O) groups excluding carboxylic acids is 7. The second kappa shape index (κ2) is 17.5. The standard InChI is InChI=1S/C28H45N3O10/c1-18(2)26(20(32)16-19(3)27(38)29-13-7-8-24(36)40-17-28(4,5)6)30-21(33)11-14-39-15-12-25(37)41-31-22(34)9-10-23(31)35/h18-19,26H,7-17H2,1-6H3,(H,29,38)(H,30,33)/t19-,26+/m1/s1. The largest absolute Gasteiger partial charge is 0.465 e. The summed E-state index contributed by atoms with van der Waals surface area (Å²) in [5.74, 6) is -4.14. The molecule has 0 unspecified atom stereocenters. The van der Waals surface area contributed by atoms with Crippen LogP contribution in [0.2, 0.25) is 0 Å². The molecule has 1 rings (SSSR count). The topological polar surface area (TPSA) is 174 Å². The van der Waals surface area contributed by atoms with Crippen molar-refractivity contribution in [3.63, 3.8) is 0 Å². The van der Waals surface area contributed by atoms with E-state index in [-0.39, 0.29) is 87.3 Å². The Kier molecular flexibility index (Phi) is 15.2. The van der Waals surface area contributed by atoms with Crippen molar-refractivity contribution in [3.05, 3.63) is 0 Å². The second-order valence-corrected chi connectivity index (χ2v) is 11.6. The Balaban J connectivity index is 2.31. The fraction of sp³-hybridized carbons (Fsp3) is 0.750. The van der Waals surface area contributed by atoms with Crippen molar-refractivity contribution >= 4 is 41.4 Å². The van der Waals surface area contributed by atoms with Crippen molar-refractivity contribution in [2.45, 2.75) is 92.5 Å². The zero-order valence-corrected chi connectivity index (χ0v) is 25.0. The van der Waals surface area contributed by atoms with Gasteiger partial charge in [-0.1, -0.05) is 41.5 Å². The van der Waals surface area contributed by atoms with Crippen molar-refractivity contribution in [1.29, 1.82) is 0 Å². The molecule has 1 fully saturated rings. The molecule has 1 heterocycles. The van der Waals surface area contributed by atoms with Crippen LogP contribution in [0.4, 0.5) is 0 Å². The minimum atomic E-state index is -0.805. The summed E-state index contributed by atoms with van der Waals surface area (Å²) in [6, 6.07) is -0.791. The zero-order chi connectivity index (χ0) is 31.2. The van der Waals surface area contributed by atoms with Gasteiger partial charge in [0.05, 0.1) is 32.3 Å². The molecule has 13 nitrogen and oxygen atoms in total. The maximum Gasteiger partial charge on any atom is 0.335 e. The smallest absolute Gasteiger partial charge is 0.335 e. The molecule has 4 amide bonds. The van der Waals surface area contributed by atoms with Crippen LogP contribution in [0.3, 0.4) is 0 Å². The fourth-order valence-electron chi connectivity index (χ4n) is 3.60. The number of nitrogens with zero attached hydrogens (tertiary/aromatic N) is 1. The number of rotatable bonds is 18. The maximum absolute atomic E-state index is 12.9. The summed E-state index contributed by atoms with van der Waals surface area (Å²) in [4.78, 5) is 88.8. The Morgan fingerprint density at radius 3 is 2.10 bits per heavy atom. The van der Waals surface area contributed by atoms with E-state index >= 15 is 0 Å². The molecule has 1 aliphatic heterocycles. The number of carbonyl (C=O) groups is 7. The third-order valence-electron chi connectivity index (χ3n) is 5.93. The number of hydrogen-bond acceptors (Lipinski definition) is 10. The molecule has 232 valence electrons. The molecule has 0 aromatic rings. The summed E-state index contributed by atoms with van der Waals surface area (Å²) in [6.45, 7) is 11.6. The highest BCUT2D eigenvalue weighted by molar-refractivity contribution is 6.01. The highest BCUT2D eigenvalue weighted by Crippen LogP contribution is 2.14. The molecule has 0 bridgehead atoms. The lowest BCUT2D eigenvalue weighted by Gasteiger charge is -2.22. The molecule has 0 aliphatic carbocycles. The van der Waals surface area contributed by atoms with Gasteiger partial charge in [-0.05, 0) is 17.8 Å². The number of ketones is 1. The van der Waals surface area contributed by atoms with Gasteiger partial charge in [-0.2, -0.15) is 0 Å². The Hall–Kier alpha value is -3.35. The van der Waals surface area contributed by atoms with Gasteiger partial charge >= 0.3 is 11.9 Å². The van der Waals surface area contributed by atoms with Crippen LogP contribution in [0, 0.1) is 17.3 Å². The summed E-state index contributed by atoms with van der Waals surface area (Å²) >= 11 is 0. The van der Waals surface area contributed by atoms with Crippen LogP contribution in [-0.4, -0.2) is 78.8 Å². The van der Waals surface area contributed by atoms with E-state index in [1.807, 2.05) is 20.8 Å². The third kappa shape index (κ3) is 14.7. The first kappa shape index (κ1) is 35.7. The number of hydrogen-bond donors (Lipinski definition) is 2. The third-order valence-corrected chi connectivity index (χ3v) is 5.93. The van der Waals surface area contributed by atoms with E-state index in [1.54, 1.807) is 20.8 Å². The average molecular weight is 584 g/mol. The Bertz CT molecular complexity index is 941. The van der Waals surface area contributed by atoms with E-state index in [0.29, 0.717) is 18.1 Å². The molecule has 0 aromatic heterocycles. The summed E-state index contributed by atoms with van der Waals surface area (Å²) in [5.41, 5.74) is -0.119. The van der Waals surface area contributed by atoms with Crippen molar-refractivity contribution in [2.24, 2.45) is 17.3 Å². The summed E-state index contributed by atoms with van der Waals surface area (Å²) < 4.78 is 10.5. The highest BCUT2D eigenvalue weighted by atomic mass is 16.7. The average Bonchev–Trinajstić information content (AvgIpc) is 3.19. The maximum atomic E-state index is 12.9. The first-order chi connectivity index (χ1) is 19.1. The number of amides is 4. The van der Waals surface area contributed by atoms with Gasteiger partial charge < -0.3 is 24.9 Å². The number of Topliss-reactive ketones (excluding diaryl/α,β-unsaturated/α-hetero) is 1. The minimum Gasteiger partial charge on any atom is -0.465 e. The summed E-state index contributed by atoms with van der Waals surface area (Å²) in [5, 5.41) is 5.86. The van der Waals surface area contributed by atoms with E-state index < -0.39 is 35.7 Å². The summed E-state index contributed by atoms with van der Waals surface area (Å²) in [6.07, 6.45) is 0.252. The highest BCUT2D eigenvalue weighted by Gasteiger charge is 2.32. The molecule has 0 radical (unpaired) electrons. The molecule has 0 aromatic carbocycles. The zero-order valence-electron chi connectivity index (χ0n) is 25.0. The SMILES string of the molecule is CC(C)[C@H](NC(=O)CCOCCC(=O)ON1C(=O)CCC1=O)C(=O)C[C@@H](C)C(=O)NCCCC(=O)OCC(C)(C)C. The summed E-state index contributed by atoms with van der Waals surface area (Å²) in [7, 11) is 0. The minimum absolute atomic E-state index is 0.00123. The molecule has 13 heteroatoms. The first-order valence-electron chi connectivity index (χ1n) is 14.0. The number of imide groups is 1. The quantitative estimate of drug-likeness (QED) is 0.137. The van der Waals surface area contributed by atoms with Crippen molar-refractivity contribution in [1.82, 2.24) is 15.7 Å². The predicted molar refractivity (Wildman–Crippen MR) is 145 cm³/mol. The van der Waals surface area contributed by atoms with E-state index in [2.05, 4.69) is 10.6 Å². The van der Waals surface area contributed by atoms with Gasteiger partial charge in [0, 0.05) is 44.6 Å². The second-order valence-electron chi connectivity index (χ2n) is 11.6. The van der Waals surface area contributed by atoms with E-state index in [1.165, 1.54) is 0 Å². The molecule has 2 N–H and O–H groups in total.